The number of amides is 1. The fourth-order valence-electron chi connectivity index (χ4n) is 3.97. The number of likely N-dealkylation sites (tertiary alicyclic amines) is 1. The molecule has 1 heterocycles. The van der Waals surface area contributed by atoms with Crippen LogP contribution in [0.4, 0.5) is 0 Å². The third-order valence-electron chi connectivity index (χ3n) is 5.46. The molecule has 0 N–H and O–H groups in total. The summed E-state index contributed by atoms with van der Waals surface area (Å²) in [6, 6.07) is 11.9. The number of rotatable bonds is 8. The van der Waals surface area contributed by atoms with Crippen molar-refractivity contribution in [3.05, 3.63) is 52.5 Å². The lowest BCUT2D eigenvalue weighted by molar-refractivity contribution is -0.131. The Kier molecular flexibility index (Phi) is 7.26. The second-order valence-electron chi connectivity index (χ2n) is 7.21. The van der Waals surface area contributed by atoms with E-state index in [9.17, 15) is 4.79 Å². The maximum absolute atomic E-state index is 12.9. The number of hydrogen-bond donors (Lipinski definition) is 0. The first-order valence-electron chi connectivity index (χ1n) is 9.89. The van der Waals surface area contributed by atoms with E-state index >= 15 is 0 Å². The summed E-state index contributed by atoms with van der Waals surface area (Å²) in [5.74, 6) is 1.94. The van der Waals surface area contributed by atoms with Gasteiger partial charge in [-0.1, -0.05) is 29.8 Å². The summed E-state index contributed by atoms with van der Waals surface area (Å²) in [5, 5.41) is 0.768. The zero-order valence-electron chi connectivity index (χ0n) is 17.2. The van der Waals surface area contributed by atoms with Crippen molar-refractivity contribution in [1.82, 2.24) is 4.90 Å². The molecule has 0 aromatic heterocycles. The van der Waals surface area contributed by atoms with Crippen LogP contribution in [0, 0.1) is 0 Å². The predicted octanol–water partition coefficient (Wildman–Crippen LogP) is 4.53. The van der Waals surface area contributed by atoms with Crippen LogP contribution in [0.25, 0.3) is 0 Å². The Bertz CT molecular complexity index is 830. The molecule has 1 unspecified atom stereocenters. The van der Waals surface area contributed by atoms with E-state index in [1.165, 1.54) is 0 Å². The minimum absolute atomic E-state index is 0.174. The van der Waals surface area contributed by atoms with E-state index in [-0.39, 0.29) is 11.9 Å². The van der Waals surface area contributed by atoms with Crippen LogP contribution in [-0.2, 0) is 17.6 Å². The van der Waals surface area contributed by atoms with Crippen LogP contribution in [0.2, 0.25) is 5.02 Å². The van der Waals surface area contributed by atoms with Crippen molar-refractivity contribution < 1.29 is 19.0 Å². The van der Waals surface area contributed by atoms with E-state index in [2.05, 4.69) is 0 Å². The predicted molar refractivity (Wildman–Crippen MR) is 114 cm³/mol. The summed E-state index contributed by atoms with van der Waals surface area (Å²) in [6.07, 6.45) is 3.91. The molecule has 5 nitrogen and oxygen atoms in total. The van der Waals surface area contributed by atoms with Gasteiger partial charge in [0.1, 0.15) is 0 Å². The molecular formula is C23H28ClNO4. The van der Waals surface area contributed by atoms with Gasteiger partial charge in [-0.25, -0.2) is 0 Å². The molecule has 1 saturated heterocycles. The summed E-state index contributed by atoms with van der Waals surface area (Å²) < 4.78 is 16.2. The number of nitrogens with zero attached hydrogens (tertiary/aromatic N) is 1. The summed E-state index contributed by atoms with van der Waals surface area (Å²) >= 11 is 6.32. The van der Waals surface area contributed by atoms with E-state index in [4.69, 9.17) is 25.8 Å². The van der Waals surface area contributed by atoms with Crippen LogP contribution in [0.3, 0.4) is 0 Å². The molecule has 6 heteroatoms. The fraction of sp³-hybridized carbons (Fsp3) is 0.435. The third kappa shape index (κ3) is 4.96. The second-order valence-corrected chi connectivity index (χ2v) is 7.62. The van der Waals surface area contributed by atoms with Crippen LogP contribution in [0.15, 0.2) is 36.4 Å². The number of ether oxygens (including phenoxy) is 3. The monoisotopic (exact) mass is 417 g/mol. The Morgan fingerprint density at radius 3 is 2.41 bits per heavy atom. The summed E-state index contributed by atoms with van der Waals surface area (Å²) in [6.45, 7) is 0.809. The number of halogens is 1. The van der Waals surface area contributed by atoms with Crippen molar-refractivity contribution in [3.63, 3.8) is 0 Å². The topological polar surface area (TPSA) is 48.0 Å². The van der Waals surface area contributed by atoms with Crippen LogP contribution < -0.4 is 14.2 Å². The SMILES string of the molecule is COc1cc(CCC(=O)N2CCCC2Cc2ccccc2Cl)cc(OC)c1OC. The van der Waals surface area contributed by atoms with E-state index in [0.29, 0.717) is 30.1 Å². The normalized spacial score (nSPS) is 16.0. The van der Waals surface area contributed by atoms with E-state index in [1.807, 2.05) is 41.3 Å². The van der Waals surface area contributed by atoms with Crippen LogP contribution >= 0.6 is 11.6 Å². The highest BCUT2D eigenvalue weighted by Gasteiger charge is 2.29. The molecule has 3 rings (SSSR count). The minimum Gasteiger partial charge on any atom is -0.493 e. The molecule has 1 amide bonds. The van der Waals surface area contributed by atoms with Crippen molar-refractivity contribution in [1.29, 1.82) is 0 Å². The van der Waals surface area contributed by atoms with Crippen molar-refractivity contribution in [3.8, 4) is 17.2 Å². The first-order valence-corrected chi connectivity index (χ1v) is 10.3. The van der Waals surface area contributed by atoms with E-state index in [1.54, 1.807) is 21.3 Å². The van der Waals surface area contributed by atoms with Gasteiger partial charge in [-0.05, 0) is 55.0 Å². The zero-order chi connectivity index (χ0) is 20.8. The van der Waals surface area contributed by atoms with Gasteiger partial charge < -0.3 is 19.1 Å². The van der Waals surface area contributed by atoms with Gasteiger partial charge in [0, 0.05) is 24.0 Å². The number of methoxy groups -OCH3 is 3. The molecule has 0 radical (unpaired) electrons. The van der Waals surface area contributed by atoms with Gasteiger partial charge in [-0.15, -0.1) is 0 Å². The Labute approximate surface area is 177 Å². The Hall–Kier alpha value is -2.40. The van der Waals surface area contributed by atoms with Crippen LogP contribution in [0.1, 0.15) is 30.4 Å². The lowest BCUT2D eigenvalue weighted by atomic mass is 10.0. The molecular weight excluding hydrogens is 390 g/mol. The molecule has 29 heavy (non-hydrogen) atoms. The lowest BCUT2D eigenvalue weighted by Gasteiger charge is -2.25. The number of hydrogen-bond acceptors (Lipinski definition) is 4. The van der Waals surface area contributed by atoms with Gasteiger partial charge in [0.2, 0.25) is 11.7 Å². The Morgan fingerprint density at radius 1 is 1.10 bits per heavy atom. The average molecular weight is 418 g/mol. The first-order chi connectivity index (χ1) is 14.1. The van der Waals surface area contributed by atoms with Gasteiger partial charge in [-0.3, -0.25) is 4.79 Å². The van der Waals surface area contributed by atoms with Crippen molar-refractivity contribution in [2.75, 3.05) is 27.9 Å². The molecule has 2 aromatic rings. The zero-order valence-corrected chi connectivity index (χ0v) is 18.0. The molecule has 1 fully saturated rings. The fourth-order valence-corrected chi connectivity index (χ4v) is 4.18. The van der Waals surface area contributed by atoms with Gasteiger partial charge in [-0.2, -0.15) is 0 Å². The molecule has 0 aliphatic carbocycles. The third-order valence-corrected chi connectivity index (χ3v) is 5.83. The summed E-state index contributed by atoms with van der Waals surface area (Å²) in [4.78, 5) is 15.0. The molecule has 156 valence electrons. The van der Waals surface area contributed by atoms with Gasteiger partial charge in [0.05, 0.1) is 21.3 Å². The highest BCUT2D eigenvalue weighted by Crippen LogP contribution is 2.38. The molecule has 0 saturated carbocycles. The minimum atomic E-state index is 0.174. The largest absolute Gasteiger partial charge is 0.493 e. The average Bonchev–Trinajstić information content (AvgIpc) is 3.21. The number of aryl methyl sites for hydroxylation is 1. The maximum Gasteiger partial charge on any atom is 0.223 e. The lowest BCUT2D eigenvalue weighted by Crippen LogP contribution is -2.37. The van der Waals surface area contributed by atoms with Gasteiger partial charge >= 0.3 is 0 Å². The van der Waals surface area contributed by atoms with Gasteiger partial charge in [0.25, 0.3) is 0 Å². The maximum atomic E-state index is 12.9. The van der Waals surface area contributed by atoms with Crippen molar-refractivity contribution in [2.24, 2.45) is 0 Å². The standard InChI is InChI=1S/C23H28ClNO4/c1-27-20-13-16(14-21(28-2)23(20)29-3)10-11-22(26)25-12-6-8-18(25)15-17-7-4-5-9-19(17)24/h4-5,7,9,13-14,18H,6,8,10-12,15H2,1-3H3. The second kappa shape index (κ2) is 9.88. The number of carbonyl (C=O) groups is 1. The molecule has 1 aliphatic rings. The Morgan fingerprint density at radius 2 is 1.79 bits per heavy atom. The van der Waals surface area contributed by atoms with E-state index < -0.39 is 0 Å². The number of benzene rings is 2. The molecule has 1 atom stereocenters. The van der Waals surface area contributed by atoms with Crippen molar-refractivity contribution >= 4 is 17.5 Å². The highest BCUT2D eigenvalue weighted by atomic mass is 35.5. The van der Waals surface area contributed by atoms with Crippen LogP contribution in [-0.4, -0.2) is 44.7 Å². The molecule has 2 aromatic carbocycles. The molecule has 0 spiro atoms. The van der Waals surface area contributed by atoms with Crippen LogP contribution in [0.5, 0.6) is 17.2 Å². The quantitative estimate of drug-likeness (QED) is 0.633. The summed E-state index contributed by atoms with van der Waals surface area (Å²) in [5.41, 5.74) is 2.08. The molecule has 1 aliphatic heterocycles. The smallest absolute Gasteiger partial charge is 0.223 e. The van der Waals surface area contributed by atoms with Gasteiger partial charge in [0.15, 0.2) is 11.5 Å². The van der Waals surface area contributed by atoms with E-state index in [0.717, 1.165) is 42.0 Å². The van der Waals surface area contributed by atoms with Crippen molar-refractivity contribution in [2.45, 2.75) is 38.1 Å². The first kappa shape index (κ1) is 21.3. The summed E-state index contributed by atoms with van der Waals surface area (Å²) in [7, 11) is 4.77. The highest BCUT2D eigenvalue weighted by molar-refractivity contribution is 6.31. The number of carbonyl (C=O) groups excluding carboxylic acids is 1. The molecule has 0 bridgehead atoms. The Balaban J connectivity index is 1.66.